The van der Waals surface area contributed by atoms with Gasteiger partial charge in [-0.05, 0) is 50.2 Å². The maximum Gasteiger partial charge on any atom is 0.251 e. The van der Waals surface area contributed by atoms with E-state index in [0.29, 0.717) is 35.4 Å². The number of piperidine rings is 1. The second kappa shape index (κ2) is 10.0. The van der Waals surface area contributed by atoms with Crippen LogP contribution in [-0.4, -0.2) is 65.6 Å². The number of fused-ring (bicyclic) bond motifs is 1. The minimum atomic E-state index is -2.64. The van der Waals surface area contributed by atoms with Crippen molar-refractivity contribution in [1.82, 2.24) is 19.9 Å². The molecule has 2 aliphatic rings. The Bertz CT molecular complexity index is 1240. The van der Waals surface area contributed by atoms with E-state index in [1.807, 2.05) is 35.2 Å². The monoisotopic (exact) mass is 478 g/mol. The maximum atomic E-state index is 13.8. The first-order chi connectivity index (χ1) is 17.0. The molecule has 2 aromatic heterocycles. The Morgan fingerprint density at radius 1 is 1.09 bits per heavy atom. The molecule has 0 atom stereocenters. The Balaban J connectivity index is 1.54. The van der Waals surface area contributed by atoms with Crippen molar-refractivity contribution in [2.75, 3.05) is 50.1 Å². The Labute approximate surface area is 203 Å². The number of aromatic nitrogens is 3. The number of ether oxygens (including phenoxy) is 1. The summed E-state index contributed by atoms with van der Waals surface area (Å²) >= 11 is 0. The van der Waals surface area contributed by atoms with Crippen LogP contribution in [0.2, 0.25) is 0 Å². The summed E-state index contributed by atoms with van der Waals surface area (Å²) in [6.45, 7) is 3.26. The number of methoxy groups -OCH3 is 1. The standard InChI is InChI=1S/C26H28F2N6O/c1-35-22-18-20-21(17-19(22)7-6-14-33-12-4-5-13-33)30-25(34-15-9-26(27,28)10-16-34)32-24(20)31-23-8-2-3-11-29-23/h2-3,8,11,17-18H,4-5,9-10,12-16H2,1H3,(H,29,30,31,32). The van der Waals surface area contributed by atoms with Gasteiger partial charge >= 0.3 is 0 Å². The molecule has 4 heterocycles. The van der Waals surface area contributed by atoms with Gasteiger partial charge in [-0.1, -0.05) is 17.9 Å². The number of anilines is 3. The molecule has 182 valence electrons. The van der Waals surface area contributed by atoms with Gasteiger partial charge in [0.15, 0.2) is 0 Å². The molecule has 1 N–H and O–H groups in total. The van der Waals surface area contributed by atoms with Gasteiger partial charge in [0.25, 0.3) is 5.92 Å². The largest absolute Gasteiger partial charge is 0.495 e. The molecule has 1 aromatic carbocycles. The van der Waals surface area contributed by atoms with Crippen LogP contribution >= 0.6 is 0 Å². The molecule has 9 heteroatoms. The molecule has 0 aliphatic carbocycles. The molecular weight excluding hydrogens is 450 g/mol. The number of nitrogens with zero attached hydrogens (tertiary/aromatic N) is 5. The lowest BCUT2D eigenvalue weighted by molar-refractivity contribution is -0.0222. The zero-order valence-corrected chi connectivity index (χ0v) is 19.7. The van der Waals surface area contributed by atoms with Gasteiger partial charge in [0.1, 0.15) is 17.4 Å². The topological polar surface area (TPSA) is 66.4 Å². The summed E-state index contributed by atoms with van der Waals surface area (Å²) in [7, 11) is 1.61. The third-order valence-electron chi connectivity index (χ3n) is 6.42. The van der Waals surface area contributed by atoms with Gasteiger partial charge in [0, 0.05) is 37.5 Å². The lowest BCUT2D eigenvalue weighted by Gasteiger charge is -2.32. The predicted octanol–water partition coefficient (Wildman–Crippen LogP) is 4.46. The number of likely N-dealkylation sites (tertiary alicyclic amines) is 1. The zero-order chi connectivity index (χ0) is 24.3. The zero-order valence-electron chi connectivity index (χ0n) is 19.7. The summed E-state index contributed by atoms with van der Waals surface area (Å²) in [6, 6.07) is 9.30. The average molecular weight is 479 g/mol. The molecule has 7 nitrogen and oxygen atoms in total. The number of pyridine rings is 1. The minimum absolute atomic E-state index is 0.195. The van der Waals surface area contributed by atoms with Crippen LogP contribution in [0, 0.1) is 11.8 Å². The highest BCUT2D eigenvalue weighted by Crippen LogP contribution is 2.34. The van der Waals surface area contributed by atoms with Gasteiger partial charge in [0.2, 0.25) is 5.95 Å². The Hall–Kier alpha value is -3.51. The highest BCUT2D eigenvalue weighted by molar-refractivity contribution is 5.94. The summed E-state index contributed by atoms with van der Waals surface area (Å²) in [4.78, 5) is 17.9. The third kappa shape index (κ3) is 5.43. The van der Waals surface area contributed by atoms with E-state index in [4.69, 9.17) is 14.7 Å². The molecule has 0 amide bonds. The van der Waals surface area contributed by atoms with Crippen molar-refractivity contribution in [3.63, 3.8) is 0 Å². The van der Waals surface area contributed by atoms with Gasteiger partial charge in [-0.2, -0.15) is 4.98 Å². The summed E-state index contributed by atoms with van der Waals surface area (Å²) < 4.78 is 33.2. The fourth-order valence-corrected chi connectivity index (χ4v) is 4.43. The summed E-state index contributed by atoms with van der Waals surface area (Å²) in [5.74, 6) is 6.05. The summed E-state index contributed by atoms with van der Waals surface area (Å²) in [6.07, 6.45) is 3.69. The normalized spacial score (nSPS) is 17.7. The molecule has 0 spiro atoms. The molecule has 2 fully saturated rings. The molecule has 3 aromatic rings. The first kappa shape index (κ1) is 23.2. The molecule has 0 unspecified atom stereocenters. The third-order valence-corrected chi connectivity index (χ3v) is 6.42. The smallest absolute Gasteiger partial charge is 0.251 e. The number of rotatable bonds is 5. The van der Waals surface area contributed by atoms with Crippen LogP contribution < -0.4 is 15.0 Å². The van der Waals surface area contributed by atoms with E-state index in [1.54, 1.807) is 13.3 Å². The van der Waals surface area contributed by atoms with Crippen LogP contribution in [0.15, 0.2) is 36.5 Å². The highest BCUT2D eigenvalue weighted by Gasteiger charge is 2.35. The van der Waals surface area contributed by atoms with Crippen molar-refractivity contribution < 1.29 is 13.5 Å². The van der Waals surface area contributed by atoms with Crippen LogP contribution in [0.3, 0.4) is 0 Å². The molecule has 2 saturated heterocycles. The lowest BCUT2D eigenvalue weighted by Crippen LogP contribution is -2.40. The Morgan fingerprint density at radius 3 is 2.60 bits per heavy atom. The molecule has 5 rings (SSSR count). The van der Waals surface area contributed by atoms with E-state index in [-0.39, 0.29) is 25.9 Å². The van der Waals surface area contributed by atoms with Crippen molar-refractivity contribution >= 4 is 28.5 Å². The average Bonchev–Trinajstić information content (AvgIpc) is 3.38. The van der Waals surface area contributed by atoms with E-state index in [0.717, 1.165) is 24.0 Å². The molecule has 0 saturated carbocycles. The van der Waals surface area contributed by atoms with Gasteiger partial charge in [-0.25, -0.2) is 18.7 Å². The molecular formula is C26H28F2N6O. The first-order valence-electron chi connectivity index (χ1n) is 11.9. The van der Waals surface area contributed by atoms with Crippen molar-refractivity contribution in [2.24, 2.45) is 0 Å². The van der Waals surface area contributed by atoms with Crippen molar-refractivity contribution in [3.8, 4) is 17.6 Å². The number of nitrogens with one attached hydrogen (secondary N) is 1. The van der Waals surface area contributed by atoms with Crippen LogP contribution in [0.5, 0.6) is 5.75 Å². The van der Waals surface area contributed by atoms with E-state index in [9.17, 15) is 8.78 Å². The van der Waals surface area contributed by atoms with E-state index < -0.39 is 5.92 Å². The van der Waals surface area contributed by atoms with Crippen LogP contribution in [0.1, 0.15) is 31.2 Å². The highest BCUT2D eigenvalue weighted by atomic mass is 19.3. The number of hydrogen-bond donors (Lipinski definition) is 1. The second-order valence-corrected chi connectivity index (χ2v) is 8.91. The quantitative estimate of drug-likeness (QED) is 0.543. The van der Waals surface area contributed by atoms with E-state index in [1.165, 1.54) is 12.8 Å². The van der Waals surface area contributed by atoms with Crippen molar-refractivity contribution in [2.45, 2.75) is 31.6 Å². The molecule has 35 heavy (non-hydrogen) atoms. The Kier molecular flexibility index (Phi) is 6.64. The number of halogens is 2. The number of hydrogen-bond acceptors (Lipinski definition) is 7. The number of benzene rings is 1. The second-order valence-electron chi connectivity index (χ2n) is 8.91. The van der Waals surface area contributed by atoms with Crippen LogP contribution in [0.4, 0.5) is 26.4 Å². The van der Waals surface area contributed by atoms with Crippen molar-refractivity contribution in [3.05, 3.63) is 42.1 Å². The van der Waals surface area contributed by atoms with E-state index in [2.05, 4.69) is 27.0 Å². The number of alkyl halides is 2. The minimum Gasteiger partial charge on any atom is -0.495 e. The first-order valence-corrected chi connectivity index (χ1v) is 11.9. The fourth-order valence-electron chi connectivity index (χ4n) is 4.43. The van der Waals surface area contributed by atoms with Gasteiger partial charge < -0.3 is 15.0 Å². The van der Waals surface area contributed by atoms with Gasteiger partial charge in [-0.3, -0.25) is 4.90 Å². The summed E-state index contributed by atoms with van der Waals surface area (Å²) in [5.41, 5.74) is 1.40. The molecule has 0 bridgehead atoms. The SMILES string of the molecule is COc1cc2c(Nc3ccccn3)nc(N3CCC(F)(F)CC3)nc2cc1C#CCN1CCCC1. The predicted molar refractivity (Wildman–Crippen MR) is 133 cm³/mol. The lowest BCUT2D eigenvalue weighted by atomic mass is 10.1. The Morgan fingerprint density at radius 2 is 1.89 bits per heavy atom. The van der Waals surface area contributed by atoms with Gasteiger partial charge in [-0.15, -0.1) is 0 Å². The maximum absolute atomic E-state index is 13.8. The van der Waals surface area contributed by atoms with E-state index >= 15 is 0 Å². The molecule has 2 aliphatic heterocycles. The molecule has 0 radical (unpaired) electrons. The summed E-state index contributed by atoms with van der Waals surface area (Å²) in [5, 5.41) is 4.00. The van der Waals surface area contributed by atoms with Crippen LogP contribution in [0.25, 0.3) is 10.9 Å². The van der Waals surface area contributed by atoms with Crippen molar-refractivity contribution in [1.29, 1.82) is 0 Å². The van der Waals surface area contributed by atoms with Crippen LogP contribution in [-0.2, 0) is 0 Å². The van der Waals surface area contributed by atoms with Gasteiger partial charge in [0.05, 0.1) is 24.7 Å². The fraction of sp³-hybridized carbons (Fsp3) is 0.423.